The van der Waals surface area contributed by atoms with Crippen LogP contribution in [0, 0.1) is 0 Å². The molecule has 4 rings (SSSR count). The lowest BCUT2D eigenvalue weighted by molar-refractivity contribution is 0.102. The maximum Gasteiger partial charge on any atom is 0.255 e. The van der Waals surface area contributed by atoms with Crippen LogP contribution in [0.2, 0.25) is 5.02 Å². The number of nitrogens with zero attached hydrogens (tertiary/aromatic N) is 3. The molecule has 2 heterocycles. The number of anilines is 2. The Labute approximate surface area is 198 Å². The second kappa shape index (κ2) is 10.6. The zero-order valence-electron chi connectivity index (χ0n) is 18.8. The van der Waals surface area contributed by atoms with Crippen molar-refractivity contribution in [2.24, 2.45) is 0 Å². The second-order valence-corrected chi connectivity index (χ2v) is 8.37. The van der Waals surface area contributed by atoms with Crippen molar-refractivity contribution in [3.05, 3.63) is 76.9 Å². The predicted molar refractivity (Wildman–Crippen MR) is 131 cm³/mol. The molecule has 172 valence electrons. The van der Waals surface area contributed by atoms with Gasteiger partial charge in [-0.3, -0.25) is 4.79 Å². The summed E-state index contributed by atoms with van der Waals surface area (Å²) < 4.78 is 11.3. The summed E-state index contributed by atoms with van der Waals surface area (Å²) in [6.07, 6.45) is 1.69. The molecule has 0 saturated carbocycles. The number of pyridine rings is 1. The number of carbonyl (C=O) groups excluding carboxylic acids is 1. The number of ether oxygens (including phenoxy) is 2. The Balaban J connectivity index is 1.38. The van der Waals surface area contributed by atoms with Crippen molar-refractivity contribution >= 4 is 29.0 Å². The molecule has 0 aliphatic carbocycles. The van der Waals surface area contributed by atoms with Crippen LogP contribution in [0.4, 0.5) is 11.5 Å². The van der Waals surface area contributed by atoms with Crippen LogP contribution in [-0.2, 0) is 6.61 Å². The quantitative estimate of drug-likeness (QED) is 0.559. The van der Waals surface area contributed by atoms with Gasteiger partial charge in [-0.15, -0.1) is 0 Å². The Kier molecular flexibility index (Phi) is 7.32. The first-order valence-electron chi connectivity index (χ1n) is 10.8. The van der Waals surface area contributed by atoms with E-state index in [-0.39, 0.29) is 5.91 Å². The average Bonchev–Trinajstić information content (AvgIpc) is 2.84. The number of rotatable bonds is 7. The number of nitrogens with one attached hydrogen (secondary N) is 1. The molecule has 1 aromatic heterocycles. The maximum atomic E-state index is 12.8. The molecule has 3 aromatic rings. The van der Waals surface area contributed by atoms with Gasteiger partial charge in [-0.05, 0) is 55.1 Å². The van der Waals surface area contributed by atoms with E-state index in [2.05, 4.69) is 27.1 Å². The van der Waals surface area contributed by atoms with Crippen LogP contribution in [0.15, 0.2) is 60.8 Å². The Bertz CT molecular complexity index is 1080. The van der Waals surface area contributed by atoms with Crippen LogP contribution in [0.5, 0.6) is 11.5 Å². The number of halogens is 1. The molecule has 0 spiro atoms. The van der Waals surface area contributed by atoms with Crippen LogP contribution in [-0.4, -0.2) is 56.1 Å². The number of carbonyl (C=O) groups is 1. The summed E-state index contributed by atoms with van der Waals surface area (Å²) in [5.41, 5.74) is 2.09. The molecule has 0 unspecified atom stereocenters. The molecule has 0 atom stereocenters. The molecule has 1 saturated heterocycles. The van der Waals surface area contributed by atoms with E-state index < -0.39 is 0 Å². The molecule has 1 aliphatic rings. The van der Waals surface area contributed by atoms with Crippen molar-refractivity contribution in [3.8, 4) is 11.5 Å². The smallest absolute Gasteiger partial charge is 0.255 e. The van der Waals surface area contributed by atoms with E-state index >= 15 is 0 Å². The van der Waals surface area contributed by atoms with Gasteiger partial charge in [0.05, 0.1) is 19.0 Å². The van der Waals surface area contributed by atoms with Crippen LogP contribution < -0.4 is 19.7 Å². The minimum Gasteiger partial charge on any atom is -0.493 e. The van der Waals surface area contributed by atoms with E-state index in [1.165, 1.54) is 0 Å². The van der Waals surface area contributed by atoms with E-state index in [0.29, 0.717) is 34.4 Å². The third-order valence-corrected chi connectivity index (χ3v) is 5.82. The number of hydrogen-bond acceptors (Lipinski definition) is 6. The molecule has 0 bridgehead atoms. The lowest BCUT2D eigenvalue weighted by Gasteiger charge is -2.33. The van der Waals surface area contributed by atoms with Gasteiger partial charge in [0.1, 0.15) is 12.4 Å². The fourth-order valence-electron chi connectivity index (χ4n) is 3.56. The van der Waals surface area contributed by atoms with Crippen molar-refractivity contribution in [2.45, 2.75) is 6.61 Å². The largest absolute Gasteiger partial charge is 0.493 e. The van der Waals surface area contributed by atoms with Gasteiger partial charge < -0.3 is 24.6 Å². The third kappa shape index (κ3) is 5.94. The highest BCUT2D eigenvalue weighted by molar-refractivity contribution is 6.30. The molecule has 0 radical (unpaired) electrons. The minimum atomic E-state index is -0.244. The first-order chi connectivity index (χ1) is 16.0. The van der Waals surface area contributed by atoms with E-state index in [9.17, 15) is 4.79 Å². The first-order valence-corrected chi connectivity index (χ1v) is 11.2. The van der Waals surface area contributed by atoms with Gasteiger partial charge in [0, 0.05) is 36.8 Å². The third-order valence-electron chi connectivity index (χ3n) is 5.57. The van der Waals surface area contributed by atoms with Crippen molar-refractivity contribution in [1.29, 1.82) is 0 Å². The summed E-state index contributed by atoms with van der Waals surface area (Å²) in [6.45, 7) is 4.29. The lowest BCUT2D eigenvalue weighted by atomic mass is 10.2. The van der Waals surface area contributed by atoms with Gasteiger partial charge in [0.15, 0.2) is 11.5 Å². The monoisotopic (exact) mass is 466 g/mol. The molecule has 1 aliphatic heterocycles. The van der Waals surface area contributed by atoms with E-state index in [1.807, 2.05) is 36.4 Å². The predicted octanol–water partition coefficient (Wildman–Crippen LogP) is 4.33. The average molecular weight is 467 g/mol. The van der Waals surface area contributed by atoms with Gasteiger partial charge in [-0.2, -0.15) is 0 Å². The van der Waals surface area contributed by atoms with Gasteiger partial charge in [0.2, 0.25) is 0 Å². The highest BCUT2D eigenvalue weighted by Gasteiger charge is 2.16. The highest BCUT2D eigenvalue weighted by atomic mass is 35.5. The van der Waals surface area contributed by atoms with E-state index in [4.69, 9.17) is 21.1 Å². The number of amides is 1. The fraction of sp³-hybridized carbons (Fsp3) is 0.280. The normalized spacial score (nSPS) is 14.1. The lowest BCUT2D eigenvalue weighted by Crippen LogP contribution is -2.44. The van der Waals surface area contributed by atoms with Crippen molar-refractivity contribution < 1.29 is 14.3 Å². The zero-order valence-corrected chi connectivity index (χ0v) is 19.5. The topological polar surface area (TPSA) is 66.9 Å². The zero-order chi connectivity index (χ0) is 23.2. The van der Waals surface area contributed by atoms with Gasteiger partial charge in [-0.1, -0.05) is 23.7 Å². The Morgan fingerprint density at radius 2 is 1.79 bits per heavy atom. The molecular formula is C25H27ClN4O3. The molecule has 1 fully saturated rings. The molecule has 33 heavy (non-hydrogen) atoms. The SMILES string of the molecule is COc1cc(C(=O)Nc2ccc(N3CCN(C)CC3)nc2)ccc1OCc1ccc(Cl)cc1. The minimum absolute atomic E-state index is 0.244. The number of piperazine rings is 1. The van der Waals surface area contributed by atoms with Crippen molar-refractivity contribution in [2.75, 3.05) is 50.6 Å². The molecule has 1 N–H and O–H groups in total. The van der Waals surface area contributed by atoms with Gasteiger partial charge in [0.25, 0.3) is 5.91 Å². The Morgan fingerprint density at radius 3 is 2.45 bits per heavy atom. The van der Waals surface area contributed by atoms with Gasteiger partial charge in [-0.25, -0.2) is 4.98 Å². The van der Waals surface area contributed by atoms with Crippen molar-refractivity contribution in [1.82, 2.24) is 9.88 Å². The summed E-state index contributed by atoms with van der Waals surface area (Å²) >= 11 is 5.92. The Morgan fingerprint density at radius 1 is 1.03 bits per heavy atom. The Hall–Kier alpha value is -3.29. The van der Waals surface area contributed by atoms with E-state index in [0.717, 1.165) is 37.6 Å². The standard InChI is InChI=1S/C25H27ClN4O3/c1-29-11-13-30(14-12-29)24-10-8-21(16-27-24)28-25(31)19-5-9-22(23(15-19)32-2)33-17-18-3-6-20(26)7-4-18/h3-10,15-16H,11-14,17H2,1-2H3,(H,28,31). The number of methoxy groups -OCH3 is 1. The number of hydrogen-bond donors (Lipinski definition) is 1. The molecule has 2 aromatic carbocycles. The van der Waals surface area contributed by atoms with Crippen LogP contribution >= 0.6 is 11.6 Å². The van der Waals surface area contributed by atoms with Gasteiger partial charge >= 0.3 is 0 Å². The summed E-state index contributed by atoms with van der Waals surface area (Å²) in [7, 11) is 3.67. The second-order valence-electron chi connectivity index (χ2n) is 7.93. The van der Waals surface area contributed by atoms with Crippen LogP contribution in [0.1, 0.15) is 15.9 Å². The number of benzene rings is 2. The summed E-state index contributed by atoms with van der Waals surface area (Å²) in [6, 6.07) is 16.4. The fourth-order valence-corrected chi connectivity index (χ4v) is 3.68. The number of likely N-dealkylation sites (N-methyl/N-ethyl adjacent to an activating group) is 1. The molecule has 7 nitrogen and oxygen atoms in total. The number of aromatic nitrogens is 1. The van der Waals surface area contributed by atoms with Crippen LogP contribution in [0.25, 0.3) is 0 Å². The van der Waals surface area contributed by atoms with Crippen LogP contribution in [0.3, 0.4) is 0 Å². The maximum absolute atomic E-state index is 12.8. The molecular weight excluding hydrogens is 440 g/mol. The summed E-state index contributed by atoms with van der Waals surface area (Å²) in [5, 5.41) is 3.57. The summed E-state index contributed by atoms with van der Waals surface area (Å²) in [5.74, 6) is 1.72. The van der Waals surface area contributed by atoms with Crippen molar-refractivity contribution in [3.63, 3.8) is 0 Å². The molecule has 1 amide bonds. The highest BCUT2D eigenvalue weighted by Crippen LogP contribution is 2.29. The molecule has 8 heteroatoms. The first kappa shape index (κ1) is 22.9. The summed E-state index contributed by atoms with van der Waals surface area (Å²) in [4.78, 5) is 21.8. The van der Waals surface area contributed by atoms with E-state index in [1.54, 1.807) is 31.5 Å².